The molecule has 0 aromatic carbocycles. The van der Waals surface area contributed by atoms with Crippen molar-refractivity contribution in [1.82, 2.24) is 24.7 Å². The van der Waals surface area contributed by atoms with E-state index in [1.54, 1.807) is 11.1 Å². The summed E-state index contributed by atoms with van der Waals surface area (Å²) in [7, 11) is 0. The van der Waals surface area contributed by atoms with E-state index >= 15 is 0 Å². The summed E-state index contributed by atoms with van der Waals surface area (Å²) >= 11 is 0. The lowest BCUT2D eigenvalue weighted by atomic mass is 9.85. The Morgan fingerprint density at radius 3 is 2.39 bits per heavy atom. The zero-order valence-electron chi connectivity index (χ0n) is 17.4. The summed E-state index contributed by atoms with van der Waals surface area (Å²) in [4.78, 5) is 45.8. The Kier molecular flexibility index (Phi) is 5.50. The number of urea groups is 1. The van der Waals surface area contributed by atoms with E-state index in [1.807, 2.05) is 36.4 Å². The summed E-state index contributed by atoms with van der Waals surface area (Å²) in [6.45, 7) is 11.5. The van der Waals surface area contributed by atoms with Gasteiger partial charge in [0.25, 0.3) is 5.91 Å². The van der Waals surface area contributed by atoms with Crippen molar-refractivity contribution >= 4 is 17.8 Å². The van der Waals surface area contributed by atoms with Crippen LogP contribution in [0.5, 0.6) is 0 Å². The number of nitrogens with one attached hydrogen (secondary N) is 1. The minimum absolute atomic E-state index is 0.0230. The van der Waals surface area contributed by atoms with Crippen LogP contribution in [-0.2, 0) is 9.59 Å². The summed E-state index contributed by atoms with van der Waals surface area (Å²) in [6, 6.07) is -0.661. The minimum Gasteiger partial charge on any atom is -0.341 e. The predicted octanol–water partition coefficient (Wildman–Crippen LogP) is 2.14. The number of imide groups is 1. The van der Waals surface area contributed by atoms with Gasteiger partial charge < -0.3 is 14.4 Å². The topological polar surface area (TPSA) is 87.5 Å². The average Bonchev–Trinajstić information content (AvgIpc) is 3.21. The fraction of sp³-hybridized carbons (Fsp3) is 0.700. The molecule has 1 aromatic heterocycles. The van der Waals surface area contributed by atoms with Crippen LogP contribution in [0.1, 0.15) is 65.2 Å². The van der Waals surface area contributed by atoms with Crippen LogP contribution in [0.4, 0.5) is 4.79 Å². The van der Waals surface area contributed by atoms with E-state index in [0.717, 1.165) is 5.82 Å². The number of piperidine rings is 1. The normalized spacial score (nSPS) is 20.4. The molecule has 0 saturated carbocycles. The highest BCUT2D eigenvalue weighted by atomic mass is 16.2. The lowest BCUT2D eigenvalue weighted by molar-refractivity contribution is -0.140. The van der Waals surface area contributed by atoms with Crippen molar-refractivity contribution in [3.8, 4) is 0 Å². The summed E-state index contributed by atoms with van der Waals surface area (Å²) in [6.07, 6.45) is 4.51. The zero-order valence-corrected chi connectivity index (χ0v) is 17.4. The van der Waals surface area contributed by atoms with Gasteiger partial charge in [0.05, 0.1) is 0 Å². The fourth-order valence-corrected chi connectivity index (χ4v) is 4.30. The molecule has 154 valence electrons. The molecule has 2 fully saturated rings. The molecule has 1 aromatic rings. The van der Waals surface area contributed by atoms with Gasteiger partial charge >= 0.3 is 6.03 Å². The first-order valence-corrected chi connectivity index (χ1v) is 10.1. The van der Waals surface area contributed by atoms with Gasteiger partial charge in [-0.15, -0.1) is 0 Å². The number of hydrogen-bond donors (Lipinski definition) is 1. The van der Waals surface area contributed by atoms with Crippen molar-refractivity contribution in [2.75, 3.05) is 19.6 Å². The second kappa shape index (κ2) is 7.56. The summed E-state index contributed by atoms with van der Waals surface area (Å²) in [5.74, 6) is 1.18. The third-order valence-corrected chi connectivity index (χ3v) is 5.84. The standard InChI is InChI=1S/C20H31N5O3/c1-13(2)12-25-19(28)22-18(27)20(25)6-9-23(10-7-20)17(26)15(5)24-11-8-21-16(24)14(3)4/h8,11,13-15H,6-7,9-10,12H2,1-5H3,(H,22,27,28). The molecule has 28 heavy (non-hydrogen) atoms. The number of imidazole rings is 1. The minimum atomic E-state index is -0.820. The van der Waals surface area contributed by atoms with Gasteiger partial charge in [-0.05, 0) is 25.7 Å². The smallest absolute Gasteiger partial charge is 0.325 e. The van der Waals surface area contributed by atoms with Crippen molar-refractivity contribution in [2.24, 2.45) is 5.92 Å². The van der Waals surface area contributed by atoms with E-state index in [4.69, 9.17) is 0 Å². The molecule has 8 nitrogen and oxygen atoms in total. The van der Waals surface area contributed by atoms with Gasteiger partial charge in [0.2, 0.25) is 5.91 Å². The second-order valence-electron chi connectivity index (χ2n) is 8.64. The third kappa shape index (κ3) is 3.40. The van der Waals surface area contributed by atoms with Crippen molar-refractivity contribution in [2.45, 2.75) is 65.0 Å². The van der Waals surface area contributed by atoms with E-state index in [-0.39, 0.29) is 35.7 Å². The number of hydrogen-bond acceptors (Lipinski definition) is 4. The molecule has 1 atom stereocenters. The quantitative estimate of drug-likeness (QED) is 0.782. The fourth-order valence-electron chi connectivity index (χ4n) is 4.30. The highest BCUT2D eigenvalue weighted by molar-refractivity contribution is 6.07. The molecule has 3 rings (SSSR count). The molecule has 1 N–H and O–H groups in total. The average molecular weight is 390 g/mol. The van der Waals surface area contributed by atoms with Crippen LogP contribution in [0, 0.1) is 5.92 Å². The lowest BCUT2D eigenvalue weighted by Gasteiger charge is -2.43. The van der Waals surface area contributed by atoms with E-state index in [1.165, 1.54) is 0 Å². The monoisotopic (exact) mass is 389 g/mol. The molecule has 8 heteroatoms. The molecule has 1 unspecified atom stereocenters. The maximum Gasteiger partial charge on any atom is 0.325 e. The molecular formula is C20H31N5O3. The molecule has 3 heterocycles. The number of aromatic nitrogens is 2. The first-order chi connectivity index (χ1) is 13.2. The molecule has 2 aliphatic rings. The Balaban J connectivity index is 1.72. The number of carbonyl (C=O) groups is 3. The number of amides is 4. The highest BCUT2D eigenvalue weighted by Crippen LogP contribution is 2.34. The number of likely N-dealkylation sites (tertiary alicyclic amines) is 1. The molecule has 2 aliphatic heterocycles. The molecular weight excluding hydrogens is 358 g/mol. The Morgan fingerprint density at radius 2 is 1.82 bits per heavy atom. The maximum absolute atomic E-state index is 13.1. The van der Waals surface area contributed by atoms with Crippen LogP contribution in [0.3, 0.4) is 0 Å². The molecule has 2 saturated heterocycles. The third-order valence-electron chi connectivity index (χ3n) is 5.84. The van der Waals surface area contributed by atoms with Gasteiger partial charge in [-0.2, -0.15) is 0 Å². The van der Waals surface area contributed by atoms with E-state index in [2.05, 4.69) is 24.1 Å². The predicted molar refractivity (Wildman–Crippen MR) is 105 cm³/mol. The molecule has 0 bridgehead atoms. The molecule has 0 radical (unpaired) electrons. The Hall–Kier alpha value is -2.38. The zero-order chi connectivity index (χ0) is 20.6. The first-order valence-electron chi connectivity index (χ1n) is 10.1. The van der Waals surface area contributed by atoms with Crippen LogP contribution in [0.15, 0.2) is 12.4 Å². The van der Waals surface area contributed by atoms with Gasteiger partial charge in [0.1, 0.15) is 17.4 Å². The largest absolute Gasteiger partial charge is 0.341 e. The maximum atomic E-state index is 13.1. The lowest BCUT2D eigenvalue weighted by Crippen LogP contribution is -2.58. The summed E-state index contributed by atoms with van der Waals surface area (Å²) in [5, 5.41) is 2.47. The van der Waals surface area contributed by atoms with Crippen LogP contribution >= 0.6 is 0 Å². The number of carbonyl (C=O) groups excluding carboxylic acids is 3. The van der Waals surface area contributed by atoms with E-state index < -0.39 is 5.54 Å². The molecule has 1 spiro atoms. The van der Waals surface area contributed by atoms with Crippen molar-refractivity contribution in [3.05, 3.63) is 18.2 Å². The Morgan fingerprint density at radius 1 is 1.18 bits per heavy atom. The number of rotatable bonds is 5. The first kappa shape index (κ1) is 20.4. The van der Waals surface area contributed by atoms with Crippen LogP contribution in [0.25, 0.3) is 0 Å². The van der Waals surface area contributed by atoms with Gasteiger partial charge in [0.15, 0.2) is 0 Å². The van der Waals surface area contributed by atoms with Gasteiger partial charge in [-0.3, -0.25) is 14.9 Å². The highest BCUT2D eigenvalue weighted by Gasteiger charge is 2.54. The van der Waals surface area contributed by atoms with Crippen molar-refractivity contribution in [3.63, 3.8) is 0 Å². The van der Waals surface area contributed by atoms with Crippen LogP contribution in [-0.4, -0.2) is 62.4 Å². The van der Waals surface area contributed by atoms with E-state index in [9.17, 15) is 14.4 Å². The van der Waals surface area contributed by atoms with Crippen LogP contribution in [0.2, 0.25) is 0 Å². The summed E-state index contributed by atoms with van der Waals surface area (Å²) < 4.78 is 1.92. The molecule has 0 aliphatic carbocycles. The number of nitrogens with zero attached hydrogens (tertiary/aromatic N) is 4. The van der Waals surface area contributed by atoms with Gasteiger partial charge in [0, 0.05) is 37.9 Å². The summed E-state index contributed by atoms with van der Waals surface area (Å²) in [5.41, 5.74) is -0.820. The van der Waals surface area contributed by atoms with E-state index in [0.29, 0.717) is 32.5 Å². The molecule has 4 amide bonds. The van der Waals surface area contributed by atoms with Crippen molar-refractivity contribution < 1.29 is 14.4 Å². The Labute approximate surface area is 166 Å². The van der Waals surface area contributed by atoms with Gasteiger partial charge in [-0.25, -0.2) is 9.78 Å². The second-order valence-corrected chi connectivity index (χ2v) is 8.64. The SMILES string of the molecule is CC(C)CN1C(=O)NC(=O)C12CCN(C(=O)C(C)n1ccnc1C(C)C)CC2. The van der Waals surface area contributed by atoms with Gasteiger partial charge in [-0.1, -0.05) is 27.7 Å². The Bertz CT molecular complexity index is 762. The van der Waals surface area contributed by atoms with Crippen LogP contribution < -0.4 is 5.32 Å². The van der Waals surface area contributed by atoms with Crippen molar-refractivity contribution in [1.29, 1.82) is 0 Å².